The van der Waals surface area contributed by atoms with Crippen LogP contribution in [0, 0.1) is 6.92 Å². The molecule has 0 radical (unpaired) electrons. The molecule has 1 aromatic rings. The van der Waals surface area contributed by atoms with E-state index in [0.29, 0.717) is 16.4 Å². The van der Waals surface area contributed by atoms with Crippen molar-refractivity contribution in [3.63, 3.8) is 0 Å². The van der Waals surface area contributed by atoms with Gasteiger partial charge >= 0.3 is 5.97 Å². The van der Waals surface area contributed by atoms with Crippen LogP contribution in [0.4, 0.5) is 0 Å². The first-order chi connectivity index (χ1) is 7.10. The third-order valence-electron chi connectivity index (χ3n) is 1.93. The molecule has 15 heavy (non-hydrogen) atoms. The molecule has 0 N–H and O–H groups in total. The lowest BCUT2D eigenvalue weighted by molar-refractivity contribution is 0.0594. The highest BCUT2D eigenvalue weighted by molar-refractivity contribution is 6.29. The van der Waals surface area contributed by atoms with E-state index >= 15 is 0 Å². The molecule has 0 spiro atoms. The minimum atomic E-state index is -0.427. The molecular weight excluding hydrogens is 218 g/mol. The van der Waals surface area contributed by atoms with Gasteiger partial charge in [0.05, 0.1) is 25.0 Å². The summed E-state index contributed by atoms with van der Waals surface area (Å²) in [4.78, 5) is 15.5. The minimum absolute atomic E-state index is 0.228. The number of hydrogen-bond donors (Lipinski definition) is 0. The quantitative estimate of drug-likeness (QED) is 0.587. The number of esters is 1. The lowest BCUT2D eigenvalue weighted by atomic mass is 10.1. The van der Waals surface area contributed by atoms with Crippen LogP contribution in [0.3, 0.4) is 0 Å². The number of rotatable bonds is 3. The second-order valence-corrected chi connectivity index (χ2v) is 3.40. The monoisotopic (exact) mass is 229 g/mol. The highest BCUT2D eigenvalue weighted by atomic mass is 35.5. The van der Waals surface area contributed by atoms with Gasteiger partial charge in [0.25, 0.3) is 0 Å². The number of carbonyl (C=O) groups is 1. The van der Waals surface area contributed by atoms with Crippen LogP contribution < -0.4 is 0 Å². The van der Waals surface area contributed by atoms with Gasteiger partial charge in [-0.1, -0.05) is 11.6 Å². The van der Waals surface area contributed by atoms with E-state index in [-0.39, 0.29) is 6.61 Å². The van der Waals surface area contributed by atoms with Gasteiger partial charge in [-0.25, -0.2) is 9.78 Å². The van der Waals surface area contributed by atoms with E-state index in [1.165, 1.54) is 14.2 Å². The highest BCUT2D eigenvalue weighted by Crippen LogP contribution is 2.18. The lowest BCUT2D eigenvalue weighted by Crippen LogP contribution is -2.11. The van der Waals surface area contributed by atoms with Gasteiger partial charge in [-0.2, -0.15) is 0 Å². The molecule has 0 aliphatic rings. The number of pyridine rings is 1. The molecule has 0 saturated carbocycles. The van der Waals surface area contributed by atoms with E-state index in [9.17, 15) is 4.79 Å². The van der Waals surface area contributed by atoms with Crippen LogP contribution in [0.2, 0.25) is 5.15 Å². The molecule has 0 aliphatic heterocycles. The average molecular weight is 230 g/mol. The van der Waals surface area contributed by atoms with Crippen LogP contribution in [0.1, 0.15) is 21.6 Å². The fraction of sp³-hybridized carbons (Fsp3) is 0.400. The fourth-order valence-corrected chi connectivity index (χ4v) is 1.58. The summed E-state index contributed by atoms with van der Waals surface area (Å²) in [6, 6.07) is 1.62. The first-order valence-corrected chi connectivity index (χ1v) is 4.71. The Morgan fingerprint density at radius 1 is 1.53 bits per heavy atom. The zero-order chi connectivity index (χ0) is 11.4. The van der Waals surface area contributed by atoms with E-state index in [1.807, 2.05) is 0 Å². The van der Waals surface area contributed by atoms with Crippen molar-refractivity contribution in [1.29, 1.82) is 0 Å². The van der Waals surface area contributed by atoms with Crippen molar-refractivity contribution in [2.75, 3.05) is 14.2 Å². The molecule has 1 aromatic heterocycles. The summed E-state index contributed by atoms with van der Waals surface area (Å²) in [5, 5.41) is 0.340. The first-order valence-electron chi connectivity index (χ1n) is 4.33. The van der Waals surface area contributed by atoms with Crippen LogP contribution in [0.25, 0.3) is 0 Å². The van der Waals surface area contributed by atoms with Crippen LogP contribution in [-0.4, -0.2) is 25.2 Å². The summed E-state index contributed by atoms with van der Waals surface area (Å²) in [6.07, 6.45) is 0. The van der Waals surface area contributed by atoms with Crippen LogP contribution in [0.15, 0.2) is 6.07 Å². The Labute approximate surface area is 93.2 Å². The molecule has 0 aliphatic carbocycles. The van der Waals surface area contributed by atoms with Crippen molar-refractivity contribution >= 4 is 17.6 Å². The Hall–Kier alpha value is -1.13. The van der Waals surface area contributed by atoms with Crippen LogP contribution in [-0.2, 0) is 16.1 Å². The summed E-state index contributed by atoms with van der Waals surface area (Å²) < 4.78 is 9.61. The SMILES string of the molecule is COCc1nc(Cl)cc(C)c1C(=O)OC. The second-order valence-electron chi connectivity index (χ2n) is 3.01. The van der Waals surface area contributed by atoms with E-state index in [2.05, 4.69) is 9.72 Å². The maximum atomic E-state index is 11.5. The molecule has 0 bridgehead atoms. The largest absolute Gasteiger partial charge is 0.465 e. The number of methoxy groups -OCH3 is 2. The van der Waals surface area contributed by atoms with Gasteiger partial charge in [0.1, 0.15) is 5.15 Å². The highest BCUT2D eigenvalue weighted by Gasteiger charge is 2.17. The maximum absolute atomic E-state index is 11.5. The number of carbonyl (C=O) groups excluding carboxylic acids is 1. The topological polar surface area (TPSA) is 48.4 Å². The van der Waals surface area contributed by atoms with Crippen molar-refractivity contribution in [2.45, 2.75) is 13.5 Å². The van der Waals surface area contributed by atoms with Gasteiger partial charge in [-0.15, -0.1) is 0 Å². The maximum Gasteiger partial charge on any atom is 0.340 e. The molecule has 0 saturated heterocycles. The molecule has 0 fully saturated rings. The van der Waals surface area contributed by atoms with Crippen molar-refractivity contribution in [3.05, 3.63) is 28.0 Å². The lowest BCUT2D eigenvalue weighted by Gasteiger charge is -2.09. The van der Waals surface area contributed by atoms with E-state index in [0.717, 1.165) is 5.56 Å². The molecule has 5 heteroatoms. The zero-order valence-corrected chi connectivity index (χ0v) is 9.59. The van der Waals surface area contributed by atoms with E-state index in [4.69, 9.17) is 16.3 Å². The fourth-order valence-electron chi connectivity index (χ4n) is 1.32. The van der Waals surface area contributed by atoms with E-state index in [1.54, 1.807) is 13.0 Å². The second kappa shape index (κ2) is 5.09. The number of hydrogen-bond acceptors (Lipinski definition) is 4. The van der Waals surface area contributed by atoms with Crippen molar-refractivity contribution in [2.24, 2.45) is 0 Å². The summed E-state index contributed by atoms with van der Waals surface area (Å²) in [5.41, 5.74) is 1.65. The number of halogens is 1. The number of aryl methyl sites for hydroxylation is 1. The summed E-state index contributed by atoms with van der Waals surface area (Å²) >= 11 is 5.79. The molecule has 0 atom stereocenters. The number of nitrogens with zero attached hydrogens (tertiary/aromatic N) is 1. The minimum Gasteiger partial charge on any atom is -0.465 e. The summed E-state index contributed by atoms with van der Waals surface area (Å²) in [5.74, 6) is -0.427. The van der Waals surface area contributed by atoms with Crippen molar-refractivity contribution in [3.8, 4) is 0 Å². The Morgan fingerprint density at radius 3 is 2.73 bits per heavy atom. The Morgan fingerprint density at radius 2 is 2.20 bits per heavy atom. The van der Waals surface area contributed by atoms with Crippen LogP contribution >= 0.6 is 11.6 Å². The van der Waals surface area contributed by atoms with Gasteiger partial charge in [0.2, 0.25) is 0 Å². The summed E-state index contributed by atoms with van der Waals surface area (Å²) in [6.45, 7) is 2.00. The van der Waals surface area contributed by atoms with Gasteiger partial charge in [0, 0.05) is 7.11 Å². The van der Waals surface area contributed by atoms with E-state index < -0.39 is 5.97 Å². The molecular formula is C10H12ClNO3. The molecule has 1 heterocycles. The first kappa shape index (κ1) is 11.9. The third-order valence-corrected chi connectivity index (χ3v) is 2.12. The smallest absolute Gasteiger partial charge is 0.340 e. The molecule has 82 valence electrons. The number of ether oxygens (including phenoxy) is 2. The van der Waals surface area contributed by atoms with Crippen molar-refractivity contribution in [1.82, 2.24) is 4.98 Å². The molecule has 1 rings (SSSR count). The molecule has 0 aromatic carbocycles. The predicted molar refractivity (Wildman–Crippen MR) is 56.0 cm³/mol. The summed E-state index contributed by atoms with van der Waals surface area (Å²) in [7, 11) is 2.85. The number of aromatic nitrogens is 1. The average Bonchev–Trinajstić information content (AvgIpc) is 2.16. The molecule has 4 nitrogen and oxygen atoms in total. The van der Waals surface area contributed by atoms with Gasteiger partial charge in [-0.3, -0.25) is 0 Å². The Bertz CT molecular complexity index is 379. The molecule has 0 amide bonds. The van der Waals surface area contributed by atoms with Gasteiger partial charge < -0.3 is 9.47 Å². The Kier molecular flexibility index (Phi) is 4.05. The van der Waals surface area contributed by atoms with Gasteiger partial charge in [0.15, 0.2) is 0 Å². The third kappa shape index (κ3) is 2.67. The normalized spacial score (nSPS) is 10.1. The molecule has 0 unspecified atom stereocenters. The zero-order valence-electron chi connectivity index (χ0n) is 8.83. The van der Waals surface area contributed by atoms with Gasteiger partial charge in [-0.05, 0) is 18.6 Å². The van der Waals surface area contributed by atoms with Crippen LogP contribution in [0.5, 0.6) is 0 Å². The van der Waals surface area contributed by atoms with Crippen molar-refractivity contribution < 1.29 is 14.3 Å². The predicted octanol–water partition coefficient (Wildman–Crippen LogP) is 1.98. The Balaban J connectivity index is 3.26. The standard InChI is InChI=1S/C10H12ClNO3/c1-6-4-8(11)12-7(5-14-2)9(6)10(13)15-3/h4H,5H2,1-3H3.